The van der Waals surface area contributed by atoms with Crippen molar-refractivity contribution < 1.29 is 9.53 Å². The van der Waals surface area contributed by atoms with Crippen LogP contribution < -0.4 is 5.32 Å². The highest BCUT2D eigenvalue weighted by atomic mass is 16.5. The van der Waals surface area contributed by atoms with Gasteiger partial charge in [0.15, 0.2) is 0 Å². The summed E-state index contributed by atoms with van der Waals surface area (Å²) in [5.74, 6) is 0. The second-order valence-electron chi connectivity index (χ2n) is 7.15. The number of hydrogen-bond acceptors (Lipinski definition) is 3. The smallest absolute Gasteiger partial charge is 0.407 e. The number of carbonyl (C=O) groups is 1. The molecule has 142 valence electrons. The SMILES string of the molecule is CCCCCCCCNC(=O)OCCCCCCN1CCCCC1. The Hall–Kier alpha value is -0.770. The van der Waals surface area contributed by atoms with Crippen molar-refractivity contribution in [2.24, 2.45) is 0 Å². The normalized spacial score (nSPS) is 15.4. The van der Waals surface area contributed by atoms with Crippen LogP contribution in [0.3, 0.4) is 0 Å². The van der Waals surface area contributed by atoms with Gasteiger partial charge in [0.2, 0.25) is 0 Å². The van der Waals surface area contributed by atoms with Gasteiger partial charge in [0.25, 0.3) is 0 Å². The van der Waals surface area contributed by atoms with Crippen molar-refractivity contribution in [3.63, 3.8) is 0 Å². The number of hydrogen-bond donors (Lipinski definition) is 1. The van der Waals surface area contributed by atoms with Gasteiger partial charge in [-0.25, -0.2) is 4.79 Å². The molecule has 0 bridgehead atoms. The van der Waals surface area contributed by atoms with Crippen LogP contribution in [-0.4, -0.2) is 43.8 Å². The van der Waals surface area contributed by atoms with E-state index in [9.17, 15) is 4.79 Å². The summed E-state index contributed by atoms with van der Waals surface area (Å²) in [5, 5.41) is 2.85. The number of piperidine rings is 1. The molecule has 1 rings (SSSR count). The van der Waals surface area contributed by atoms with Crippen LogP contribution in [0.2, 0.25) is 0 Å². The van der Waals surface area contributed by atoms with Gasteiger partial charge in [0.1, 0.15) is 0 Å². The Morgan fingerprint density at radius 2 is 1.54 bits per heavy atom. The Labute approximate surface area is 149 Å². The fourth-order valence-corrected chi connectivity index (χ4v) is 3.29. The fourth-order valence-electron chi connectivity index (χ4n) is 3.29. The molecule has 1 N–H and O–H groups in total. The van der Waals surface area contributed by atoms with Gasteiger partial charge in [-0.05, 0) is 51.7 Å². The third-order valence-corrected chi connectivity index (χ3v) is 4.85. The standard InChI is InChI=1S/C20H40N2O2/c1-2-3-4-5-6-10-15-21-20(23)24-19-14-8-7-11-16-22-17-12-9-13-18-22/h2-19H2,1H3,(H,21,23). The van der Waals surface area contributed by atoms with E-state index in [4.69, 9.17) is 4.74 Å². The van der Waals surface area contributed by atoms with Crippen LogP contribution in [0.5, 0.6) is 0 Å². The first-order valence-electron chi connectivity index (χ1n) is 10.5. The highest BCUT2D eigenvalue weighted by molar-refractivity contribution is 5.66. The monoisotopic (exact) mass is 340 g/mol. The maximum atomic E-state index is 11.5. The second kappa shape index (κ2) is 15.7. The summed E-state index contributed by atoms with van der Waals surface area (Å²) in [6, 6.07) is 0. The number of amides is 1. The first-order valence-corrected chi connectivity index (χ1v) is 10.5. The third-order valence-electron chi connectivity index (χ3n) is 4.85. The van der Waals surface area contributed by atoms with E-state index in [0.29, 0.717) is 6.61 Å². The van der Waals surface area contributed by atoms with Crippen LogP contribution in [0.15, 0.2) is 0 Å². The number of ether oxygens (including phenoxy) is 1. The van der Waals surface area contributed by atoms with E-state index < -0.39 is 0 Å². The number of likely N-dealkylation sites (tertiary alicyclic amines) is 1. The summed E-state index contributed by atoms with van der Waals surface area (Å²) in [5.41, 5.74) is 0. The minimum absolute atomic E-state index is 0.239. The maximum absolute atomic E-state index is 11.5. The zero-order chi connectivity index (χ0) is 17.3. The summed E-state index contributed by atoms with van der Waals surface area (Å²) < 4.78 is 5.22. The Bertz CT molecular complexity index is 291. The molecule has 0 aromatic carbocycles. The summed E-state index contributed by atoms with van der Waals surface area (Å²) in [6.45, 7) is 7.38. The van der Waals surface area contributed by atoms with Crippen LogP contribution in [0, 0.1) is 0 Å². The molecule has 24 heavy (non-hydrogen) atoms. The molecule has 1 fully saturated rings. The Balaban J connectivity index is 1.77. The van der Waals surface area contributed by atoms with Gasteiger partial charge in [0, 0.05) is 6.54 Å². The number of alkyl carbamates (subject to hydrolysis) is 1. The zero-order valence-electron chi connectivity index (χ0n) is 16.0. The molecular weight excluding hydrogens is 300 g/mol. The molecule has 1 saturated heterocycles. The molecule has 1 aliphatic heterocycles. The summed E-state index contributed by atoms with van der Waals surface area (Å²) >= 11 is 0. The third kappa shape index (κ3) is 12.6. The minimum Gasteiger partial charge on any atom is -0.450 e. The number of nitrogens with one attached hydrogen (secondary N) is 1. The molecule has 0 aromatic rings. The molecular formula is C20H40N2O2. The van der Waals surface area contributed by atoms with Crippen molar-refractivity contribution in [2.75, 3.05) is 32.8 Å². The Kier molecular flexibility index (Phi) is 14.0. The predicted molar refractivity (Wildman–Crippen MR) is 101 cm³/mol. The molecule has 0 unspecified atom stereocenters. The highest BCUT2D eigenvalue weighted by Crippen LogP contribution is 2.10. The van der Waals surface area contributed by atoms with E-state index in [-0.39, 0.29) is 6.09 Å². The largest absolute Gasteiger partial charge is 0.450 e. The lowest BCUT2D eigenvalue weighted by Gasteiger charge is -2.26. The molecule has 0 radical (unpaired) electrons. The molecule has 0 saturated carbocycles. The highest BCUT2D eigenvalue weighted by Gasteiger charge is 2.08. The van der Waals surface area contributed by atoms with Crippen LogP contribution in [-0.2, 0) is 4.74 Å². The van der Waals surface area contributed by atoms with E-state index in [0.717, 1.165) is 19.4 Å². The predicted octanol–water partition coefficient (Wildman–Crippen LogP) is 5.12. The number of nitrogens with zero attached hydrogens (tertiary/aromatic N) is 1. The minimum atomic E-state index is -0.239. The molecule has 0 spiro atoms. The van der Waals surface area contributed by atoms with Crippen molar-refractivity contribution in [1.82, 2.24) is 10.2 Å². The molecule has 1 amide bonds. The average Bonchev–Trinajstić information content (AvgIpc) is 2.61. The lowest BCUT2D eigenvalue weighted by Crippen LogP contribution is -2.30. The lowest BCUT2D eigenvalue weighted by atomic mass is 10.1. The van der Waals surface area contributed by atoms with E-state index in [2.05, 4.69) is 17.1 Å². The van der Waals surface area contributed by atoms with Gasteiger partial charge in [-0.15, -0.1) is 0 Å². The number of carbonyl (C=O) groups excluding carboxylic acids is 1. The van der Waals surface area contributed by atoms with Crippen LogP contribution >= 0.6 is 0 Å². The lowest BCUT2D eigenvalue weighted by molar-refractivity contribution is 0.143. The summed E-state index contributed by atoms with van der Waals surface area (Å²) in [7, 11) is 0. The van der Waals surface area contributed by atoms with Crippen LogP contribution in [0.25, 0.3) is 0 Å². The second-order valence-corrected chi connectivity index (χ2v) is 7.15. The Morgan fingerprint density at radius 1 is 0.875 bits per heavy atom. The maximum Gasteiger partial charge on any atom is 0.407 e. The van der Waals surface area contributed by atoms with Gasteiger partial charge >= 0.3 is 6.09 Å². The van der Waals surface area contributed by atoms with Crippen molar-refractivity contribution in [2.45, 2.75) is 90.4 Å². The van der Waals surface area contributed by atoms with Gasteiger partial charge in [-0.3, -0.25) is 0 Å². The molecule has 1 aliphatic rings. The number of rotatable bonds is 14. The van der Waals surface area contributed by atoms with Gasteiger partial charge in [-0.1, -0.05) is 58.3 Å². The van der Waals surface area contributed by atoms with Crippen molar-refractivity contribution in [1.29, 1.82) is 0 Å². The zero-order valence-corrected chi connectivity index (χ0v) is 16.0. The average molecular weight is 341 g/mol. The van der Waals surface area contributed by atoms with Gasteiger partial charge < -0.3 is 15.0 Å². The van der Waals surface area contributed by atoms with E-state index in [1.54, 1.807) is 0 Å². The molecule has 4 nitrogen and oxygen atoms in total. The molecule has 1 heterocycles. The van der Waals surface area contributed by atoms with E-state index in [1.165, 1.54) is 90.3 Å². The summed E-state index contributed by atoms with van der Waals surface area (Å²) in [6.07, 6.45) is 16.1. The first-order chi connectivity index (χ1) is 11.8. The quantitative estimate of drug-likeness (QED) is 0.446. The van der Waals surface area contributed by atoms with Crippen molar-refractivity contribution in [3.8, 4) is 0 Å². The Morgan fingerprint density at radius 3 is 2.33 bits per heavy atom. The number of unbranched alkanes of at least 4 members (excludes halogenated alkanes) is 8. The molecule has 0 atom stereocenters. The van der Waals surface area contributed by atoms with Crippen molar-refractivity contribution >= 4 is 6.09 Å². The summed E-state index contributed by atoms with van der Waals surface area (Å²) in [4.78, 5) is 14.1. The molecule has 4 heteroatoms. The van der Waals surface area contributed by atoms with E-state index in [1.807, 2.05) is 0 Å². The molecule has 0 aromatic heterocycles. The molecule has 0 aliphatic carbocycles. The van der Waals surface area contributed by atoms with Gasteiger partial charge in [-0.2, -0.15) is 0 Å². The topological polar surface area (TPSA) is 41.6 Å². The van der Waals surface area contributed by atoms with Crippen LogP contribution in [0.1, 0.15) is 90.4 Å². The van der Waals surface area contributed by atoms with Gasteiger partial charge in [0.05, 0.1) is 6.61 Å². The fraction of sp³-hybridized carbons (Fsp3) is 0.950. The first kappa shape index (κ1) is 21.3. The van der Waals surface area contributed by atoms with Crippen molar-refractivity contribution in [3.05, 3.63) is 0 Å². The van der Waals surface area contributed by atoms with Crippen LogP contribution in [0.4, 0.5) is 4.79 Å². The van der Waals surface area contributed by atoms with E-state index >= 15 is 0 Å².